The number of aromatic nitrogens is 4. The van der Waals surface area contributed by atoms with Gasteiger partial charge in [-0.3, -0.25) is 0 Å². The number of ether oxygens (including phenoxy) is 1. The summed E-state index contributed by atoms with van der Waals surface area (Å²) in [5, 5.41) is 4.94. The van der Waals surface area contributed by atoms with Crippen LogP contribution in [0, 0.1) is 11.8 Å². The molecule has 0 radical (unpaired) electrons. The van der Waals surface area contributed by atoms with E-state index in [0.717, 1.165) is 6.42 Å². The summed E-state index contributed by atoms with van der Waals surface area (Å²) in [4.78, 5) is 10.7. The van der Waals surface area contributed by atoms with E-state index in [1.807, 2.05) is 0 Å². The van der Waals surface area contributed by atoms with Crippen molar-refractivity contribution < 1.29 is 26.7 Å². The number of rotatable bonds is 4. The van der Waals surface area contributed by atoms with Gasteiger partial charge >= 0.3 is 12.3 Å². The number of hydrogen-bond donors (Lipinski definition) is 1. The minimum atomic E-state index is -4.17. The second-order valence-electron chi connectivity index (χ2n) is 9.25. The molecule has 3 aromatic rings. The van der Waals surface area contributed by atoms with E-state index in [9.17, 15) is 22.0 Å². The highest BCUT2D eigenvalue weighted by molar-refractivity contribution is 5.97. The van der Waals surface area contributed by atoms with E-state index in [2.05, 4.69) is 15.1 Å². The summed E-state index contributed by atoms with van der Waals surface area (Å²) in [6.45, 7) is 1.12. The van der Waals surface area contributed by atoms with Crippen LogP contribution in [0.25, 0.3) is 16.6 Å². The maximum atomic E-state index is 14.3. The summed E-state index contributed by atoms with van der Waals surface area (Å²) in [5.41, 5.74) is 7.42. The number of benzene rings is 1. The molecule has 6 rings (SSSR count). The van der Waals surface area contributed by atoms with Gasteiger partial charge in [-0.25, -0.2) is 9.97 Å². The minimum Gasteiger partial charge on any atom is -0.430 e. The Kier molecular flexibility index (Phi) is 4.34. The van der Waals surface area contributed by atoms with Gasteiger partial charge in [0, 0.05) is 36.4 Å². The van der Waals surface area contributed by atoms with Crippen LogP contribution in [0.4, 0.5) is 27.9 Å². The van der Waals surface area contributed by atoms with Crippen LogP contribution < -0.4 is 10.5 Å². The first kappa shape index (κ1) is 20.8. The zero-order valence-electron chi connectivity index (χ0n) is 17.4. The van der Waals surface area contributed by atoms with Gasteiger partial charge in [-0.2, -0.15) is 26.5 Å². The number of nitrogens with zero attached hydrogens (tertiary/aromatic N) is 5. The van der Waals surface area contributed by atoms with Gasteiger partial charge in [0.1, 0.15) is 5.52 Å². The lowest BCUT2D eigenvalue weighted by Crippen LogP contribution is -2.31. The van der Waals surface area contributed by atoms with Gasteiger partial charge in [-0.1, -0.05) is 6.07 Å². The Hall–Kier alpha value is -2.76. The number of nitrogens with two attached hydrogens (primary N) is 1. The summed E-state index contributed by atoms with van der Waals surface area (Å²) in [7, 11) is 0. The first-order chi connectivity index (χ1) is 15.6. The van der Waals surface area contributed by atoms with Crippen molar-refractivity contribution in [3.8, 4) is 5.75 Å². The van der Waals surface area contributed by atoms with Crippen LogP contribution in [0.15, 0.2) is 12.1 Å². The molecule has 3 aliphatic rings. The summed E-state index contributed by atoms with van der Waals surface area (Å²) in [5.74, 6) is -0.379. The first-order valence-electron chi connectivity index (χ1n) is 10.9. The van der Waals surface area contributed by atoms with Crippen molar-refractivity contribution >= 4 is 22.5 Å². The van der Waals surface area contributed by atoms with E-state index in [4.69, 9.17) is 10.5 Å². The van der Waals surface area contributed by atoms with Gasteiger partial charge in [0.15, 0.2) is 17.2 Å². The molecule has 2 aromatic heterocycles. The molecular formula is C21H21F5N6O. The lowest BCUT2D eigenvalue weighted by atomic mass is 10.0. The number of alkyl halides is 5. The van der Waals surface area contributed by atoms with Gasteiger partial charge in [-0.15, -0.1) is 5.10 Å². The van der Waals surface area contributed by atoms with E-state index >= 15 is 0 Å². The maximum Gasteiger partial charge on any atom is 0.401 e. The molecular weight excluding hydrogens is 447 g/mol. The van der Waals surface area contributed by atoms with Crippen LogP contribution in [0.2, 0.25) is 0 Å². The maximum absolute atomic E-state index is 14.3. The van der Waals surface area contributed by atoms with Crippen LogP contribution in [-0.4, -0.2) is 56.4 Å². The lowest BCUT2D eigenvalue weighted by Gasteiger charge is -2.25. The van der Waals surface area contributed by atoms with Crippen LogP contribution in [0.5, 0.6) is 5.75 Å². The molecule has 2 aliphatic heterocycles. The highest BCUT2D eigenvalue weighted by Crippen LogP contribution is 2.62. The average Bonchev–Trinajstić information content (AvgIpc) is 3.25. The number of anilines is 1. The second-order valence-corrected chi connectivity index (χ2v) is 9.25. The van der Waals surface area contributed by atoms with Crippen molar-refractivity contribution in [1.29, 1.82) is 0 Å². The summed E-state index contributed by atoms with van der Waals surface area (Å²) >= 11 is 0. The number of likely N-dealkylation sites (tertiary alicyclic amines) is 1. The Bertz CT molecular complexity index is 1260. The lowest BCUT2D eigenvalue weighted by molar-refractivity contribution is -0.198. The van der Waals surface area contributed by atoms with Gasteiger partial charge in [0.05, 0.1) is 12.3 Å². The monoisotopic (exact) mass is 468 g/mol. The summed E-state index contributed by atoms with van der Waals surface area (Å²) in [6.07, 6.45) is -6.63. The molecule has 1 saturated heterocycles. The third kappa shape index (κ3) is 3.54. The van der Waals surface area contributed by atoms with Crippen LogP contribution in [0.1, 0.15) is 36.6 Å². The minimum absolute atomic E-state index is 0.00714. The molecule has 2 N–H and O–H groups in total. The molecule has 3 unspecified atom stereocenters. The van der Waals surface area contributed by atoms with Gasteiger partial charge in [0.2, 0.25) is 5.95 Å². The summed E-state index contributed by atoms with van der Waals surface area (Å²) in [6, 6.07) is 3.56. The quantitative estimate of drug-likeness (QED) is 0.588. The Morgan fingerprint density at radius 2 is 2.03 bits per heavy atom. The Balaban J connectivity index is 1.29. The molecule has 3 atom stereocenters. The van der Waals surface area contributed by atoms with Crippen LogP contribution in [-0.2, 0) is 6.42 Å². The second kappa shape index (κ2) is 6.87. The van der Waals surface area contributed by atoms with E-state index in [0.29, 0.717) is 48.4 Å². The zero-order valence-corrected chi connectivity index (χ0v) is 17.4. The highest BCUT2D eigenvalue weighted by Gasteiger charge is 2.62. The fourth-order valence-electron chi connectivity index (χ4n) is 5.16. The number of hydrogen-bond acceptors (Lipinski definition) is 6. The van der Waals surface area contributed by atoms with Gasteiger partial charge in [-0.05, 0) is 31.4 Å². The smallest absolute Gasteiger partial charge is 0.401 e. The Morgan fingerprint density at radius 1 is 1.21 bits per heavy atom. The van der Waals surface area contributed by atoms with E-state index in [-0.39, 0.29) is 35.6 Å². The molecule has 176 valence electrons. The summed E-state index contributed by atoms with van der Waals surface area (Å²) < 4.78 is 72.4. The van der Waals surface area contributed by atoms with Crippen LogP contribution in [0.3, 0.4) is 0 Å². The molecule has 0 bridgehead atoms. The molecule has 1 aromatic carbocycles. The van der Waals surface area contributed by atoms with Crippen molar-refractivity contribution in [1.82, 2.24) is 24.5 Å². The predicted octanol–water partition coefficient (Wildman–Crippen LogP) is 3.77. The molecule has 12 heteroatoms. The Labute approximate surface area is 184 Å². The zero-order chi connectivity index (χ0) is 23.1. The first-order valence-corrected chi connectivity index (χ1v) is 10.9. The largest absolute Gasteiger partial charge is 0.430 e. The third-order valence-electron chi connectivity index (χ3n) is 6.91. The average molecular weight is 468 g/mol. The normalized spacial score (nSPS) is 26.4. The molecule has 7 nitrogen and oxygen atoms in total. The molecule has 2 fully saturated rings. The van der Waals surface area contributed by atoms with E-state index < -0.39 is 24.6 Å². The number of fused-ring (bicyclic) bond motifs is 7. The van der Waals surface area contributed by atoms with Crippen molar-refractivity contribution in [2.75, 3.05) is 25.4 Å². The molecule has 1 saturated carbocycles. The number of nitrogen functional groups attached to an aromatic ring is 1. The standard InChI is InChI=1S/C21H21F5N6O/c22-20(23,24)4-6-31-5-3-10(9-31)7-15-28-18-12-2-1-11-13-8-14(13)21(25,26)33-17(11)16(12)29-19(27)32(18)30-15/h1-2,10,13-14H,3-9H2,(H2,27,29). The molecule has 1 aliphatic carbocycles. The highest BCUT2D eigenvalue weighted by atomic mass is 19.4. The van der Waals surface area contributed by atoms with Crippen molar-refractivity contribution in [2.24, 2.45) is 11.8 Å². The van der Waals surface area contributed by atoms with Crippen molar-refractivity contribution in [3.63, 3.8) is 0 Å². The van der Waals surface area contributed by atoms with E-state index in [1.165, 1.54) is 4.52 Å². The topological polar surface area (TPSA) is 81.6 Å². The molecule has 0 amide bonds. The van der Waals surface area contributed by atoms with E-state index in [1.54, 1.807) is 17.0 Å². The van der Waals surface area contributed by atoms with Crippen molar-refractivity contribution in [2.45, 2.75) is 43.9 Å². The molecule has 0 spiro atoms. The molecule has 33 heavy (non-hydrogen) atoms. The number of halogens is 5. The van der Waals surface area contributed by atoms with Crippen LogP contribution >= 0.6 is 0 Å². The predicted molar refractivity (Wildman–Crippen MR) is 108 cm³/mol. The van der Waals surface area contributed by atoms with Gasteiger partial charge in [0.25, 0.3) is 0 Å². The third-order valence-corrected chi connectivity index (χ3v) is 6.91. The van der Waals surface area contributed by atoms with Crippen molar-refractivity contribution in [3.05, 3.63) is 23.5 Å². The fourth-order valence-corrected chi connectivity index (χ4v) is 5.16. The SMILES string of the molecule is Nc1nc2c3c(ccc2c2nc(CC4CCN(CCC(F)(F)F)C4)nn12)C1CC1C(F)(F)O3. The van der Waals surface area contributed by atoms with Gasteiger partial charge < -0.3 is 15.4 Å². The molecule has 4 heterocycles. The Morgan fingerprint density at radius 3 is 2.82 bits per heavy atom. The fraction of sp³-hybridized carbons (Fsp3) is 0.571.